The number of nitrogens with zero attached hydrogens (tertiary/aromatic N) is 1. The molecular weight excluding hydrogens is 312 g/mol. The Hall–Kier alpha value is -0.910. The van der Waals surface area contributed by atoms with Gasteiger partial charge in [-0.2, -0.15) is 0 Å². The van der Waals surface area contributed by atoms with Crippen LogP contribution in [0.1, 0.15) is 10.6 Å². The molecule has 94 valence electrons. The van der Waals surface area contributed by atoms with E-state index in [0.717, 1.165) is 40.3 Å². The summed E-state index contributed by atoms with van der Waals surface area (Å²) in [5.74, 6) is 0.849. The molecule has 0 spiro atoms. The Morgan fingerprint density at radius 1 is 1.44 bits per heavy atom. The van der Waals surface area contributed by atoms with E-state index in [1.807, 2.05) is 6.07 Å². The Balaban J connectivity index is 1.99. The highest BCUT2D eigenvalue weighted by Crippen LogP contribution is 2.34. The molecule has 0 atom stereocenters. The topological polar surface area (TPSA) is 34.1 Å². The van der Waals surface area contributed by atoms with Crippen LogP contribution in [0.25, 0.3) is 10.6 Å². The van der Waals surface area contributed by atoms with Gasteiger partial charge in [0.1, 0.15) is 10.8 Å². The summed E-state index contributed by atoms with van der Waals surface area (Å²) in [6.45, 7) is 1.98. The first-order chi connectivity index (χ1) is 8.78. The third-order valence-electron chi connectivity index (χ3n) is 3.00. The van der Waals surface area contributed by atoms with Crippen LogP contribution in [0, 0.1) is 0 Å². The molecule has 2 heterocycles. The lowest BCUT2D eigenvalue weighted by Gasteiger charge is -2.09. The molecule has 5 heteroatoms. The number of methoxy groups -OCH3 is 1. The minimum Gasteiger partial charge on any atom is -0.496 e. The fourth-order valence-corrected chi connectivity index (χ4v) is 3.66. The number of rotatable bonds is 2. The van der Waals surface area contributed by atoms with Crippen molar-refractivity contribution in [2.24, 2.45) is 0 Å². The highest BCUT2D eigenvalue weighted by atomic mass is 79.9. The van der Waals surface area contributed by atoms with Gasteiger partial charge >= 0.3 is 0 Å². The normalized spacial score (nSPS) is 14.3. The van der Waals surface area contributed by atoms with Crippen molar-refractivity contribution in [3.05, 3.63) is 33.2 Å². The lowest BCUT2D eigenvalue weighted by Crippen LogP contribution is -2.22. The summed E-state index contributed by atoms with van der Waals surface area (Å²) in [4.78, 5) is 6.10. The molecule has 1 aromatic heterocycles. The van der Waals surface area contributed by atoms with Gasteiger partial charge in [-0.25, -0.2) is 4.98 Å². The van der Waals surface area contributed by atoms with E-state index in [-0.39, 0.29) is 0 Å². The minimum atomic E-state index is 0.849. The molecule has 1 aliphatic rings. The Kier molecular flexibility index (Phi) is 3.37. The van der Waals surface area contributed by atoms with Crippen molar-refractivity contribution in [3.63, 3.8) is 0 Å². The third-order valence-corrected chi connectivity index (χ3v) is 4.77. The van der Waals surface area contributed by atoms with E-state index in [1.165, 1.54) is 10.6 Å². The zero-order valence-corrected chi connectivity index (χ0v) is 12.4. The van der Waals surface area contributed by atoms with Gasteiger partial charge < -0.3 is 10.1 Å². The second-order valence-electron chi connectivity index (χ2n) is 4.16. The maximum Gasteiger partial charge on any atom is 0.133 e. The number of aromatic nitrogens is 1. The first-order valence-corrected chi connectivity index (χ1v) is 7.42. The van der Waals surface area contributed by atoms with Crippen molar-refractivity contribution in [1.82, 2.24) is 10.3 Å². The Morgan fingerprint density at radius 3 is 3.06 bits per heavy atom. The fourth-order valence-electron chi connectivity index (χ4n) is 2.05. The number of nitrogens with one attached hydrogen (secondary N) is 1. The Morgan fingerprint density at radius 2 is 2.33 bits per heavy atom. The number of benzene rings is 1. The standard InChI is InChI=1S/C13H13BrN2OS/c1-17-11-3-2-8(6-9(11)14)13-16-10-4-5-15-7-12(10)18-13/h2-3,6,15H,4-5,7H2,1H3. The Labute approximate surface area is 118 Å². The van der Waals surface area contributed by atoms with Crippen LogP contribution in [-0.4, -0.2) is 18.6 Å². The molecule has 3 nitrogen and oxygen atoms in total. The molecule has 3 rings (SSSR count). The number of thiazole rings is 1. The molecule has 0 saturated carbocycles. The van der Waals surface area contributed by atoms with Crippen LogP contribution in [0.4, 0.5) is 0 Å². The SMILES string of the molecule is COc1ccc(-c2nc3c(s2)CNCC3)cc1Br. The quantitative estimate of drug-likeness (QED) is 0.920. The number of ether oxygens (including phenoxy) is 1. The molecule has 0 saturated heterocycles. The van der Waals surface area contributed by atoms with Crippen LogP contribution in [-0.2, 0) is 13.0 Å². The van der Waals surface area contributed by atoms with Crippen LogP contribution in [0.15, 0.2) is 22.7 Å². The van der Waals surface area contributed by atoms with E-state index in [1.54, 1.807) is 18.4 Å². The van der Waals surface area contributed by atoms with E-state index < -0.39 is 0 Å². The smallest absolute Gasteiger partial charge is 0.133 e. The summed E-state index contributed by atoms with van der Waals surface area (Å²) in [5, 5.41) is 4.47. The van der Waals surface area contributed by atoms with E-state index >= 15 is 0 Å². The van der Waals surface area contributed by atoms with Gasteiger partial charge in [-0.05, 0) is 34.1 Å². The van der Waals surface area contributed by atoms with Crippen molar-refractivity contribution in [1.29, 1.82) is 0 Å². The molecule has 18 heavy (non-hydrogen) atoms. The number of hydrogen-bond donors (Lipinski definition) is 1. The summed E-state index contributed by atoms with van der Waals surface area (Å²) in [6, 6.07) is 6.09. The molecule has 0 fully saturated rings. The van der Waals surface area contributed by atoms with Gasteiger partial charge in [0.05, 0.1) is 17.3 Å². The first-order valence-electron chi connectivity index (χ1n) is 5.81. The van der Waals surface area contributed by atoms with Crippen LogP contribution < -0.4 is 10.1 Å². The van der Waals surface area contributed by atoms with Crippen LogP contribution in [0.3, 0.4) is 0 Å². The maximum absolute atomic E-state index is 5.24. The van der Waals surface area contributed by atoms with E-state index in [9.17, 15) is 0 Å². The highest BCUT2D eigenvalue weighted by molar-refractivity contribution is 9.10. The van der Waals surface area contributed by atoms with Crippen LogP contribution in [0.5, 0.6) is 5.75 Å². The zero-order chi connectivity index (χ0) is 12.5. The van der Waals surface area contributed by atoms with Crippen LogP contribution >= 0.6 is 27.3 Å². The molecule has 1 aliphatic heterocycles. The molecule has 0 amide bonds. The summed E-state index contributed by atoms with van der Waals surface area (Å²) in [6.07, 6.45) is 1.03. The monoisotopic (exact) mass is 324 g/mol. The third kappa shape index (κ3) is 2.18. The molecule has 0 unspecified atom stereocenters. The zero-order valence-electron chi connectivity index (χ0n) is 10.00. The second-order valence-corrected chi connectivity index (χ2v) is 6.10. The lowest BCUT2D eigenvalue weighted by molar-refractivity contribution is 0.412. The van der Waals surface area contributed by atoms with Gasteiger partial charge in [0.15, 0.2) is 0 Å². The largest absolute Gasteiger partial charge is 0.496 e. The summed E-state index contributed by atoms with van der Waals surface area (Å²) < 4.78 is 6.21. The molecule has 1 aromatic carbocycles. The summed E-state index contributed by atoms with van der Waals surface area (Å²) >= 11 is 5.29. The lowest BCUT2D eigenvalue weighted by atomic mass is 10.2. The fraction of sp³-hybridized carbons (Fsp3) is 0.308. The predicted molar refractivity (Wildman–Crippen MR) is 77.2 cm³/mol. The van der Waals surface area contributed by atoms with Gasteiger partial charge in [0, 0.05) is 30.0 Å². The highest BCUT2D eigenvalue weighted by Gasteiger charge is 2.16. The van der Waals surface area contributed by atoms with E-state index in [2.05, 4.69) is 33.4 Å². The van der Waals surface area contributed by atoms with Gasteiger partial charge in [-0.3, -0.25) is 0 Å². The minimum absolute atomic E-state index is 0.849. The van der Waals surface area contributed by atoms with Crippen molar-refractivity contribution >= 4 is 27.3 Å². The van der Waals surface area contributed by atoms with Gasteiger partial charge in [-0.15, -0.1) is 11.3 Å². The van der Waals surface area contributed by atoms with E-state index in [0.29, 0.717) is 0 Å². The van der Waals surface area contributed by atoms with Crippen molar-refractivity contribution in [2.45, 2.75) is 13.0 Å². The van der Waals surface area contributed by atoms with Gasteiger partial charge in [0.25, 0.3) is 0 Å². The molecule has 0 bridgehead atoms. The maximum atomic E-state index is 5.24. The van der Waals surface area contributed by atoms with Crippen molar-refractivity contribution in [3.8, 4) is 16.3 Å². The van der Waals surface area contributed by atoms with Crippen LogP contribution in [0.2, 0.25) is 0 Å². The predicted octanol–water partition coefficient (Wildman–Crippen LogP) is 3.23. The molecule has 1 N–H and O–H groups in total. The average molecular weight is 325 g/mol. The first kappa shape index (κ1) is 12.1. The Bertz CT molecular complexity index is 559. The number of fused-ring (bicyclic) bond motifs is 1. The van der Waals surface area contributed by atoms with Crippen molar-refractivity contribution < 1.29 is 4.74 Å². The summed E-state index contributed by atoms with van der Waals surface area (Å²) in [7, 11) is 1.67. The van der Waals surface area contributed by atoms with E-state index in [4.69, 9.17) is 9.72 Å². The molecule has 0 radical (unpaired) electrons. The molecule has 2 aromatic rings. The summed E-state index contributed by atoms with van der Waals surface area (Å²) in [5.41, 5.74) is 2.39. The number of hydrogen-bond acceptors (Lipinski definition) is 4. The molecule has 0 aliphatic carbocycles. The molecular formula is C13H13BrN2OS. The van der Waals surface area contributed by atoms with Gasteiger partial charge in [0.2, 0.25) is 0 Å². The van der Waals surface area contributed by atoms with Gasteiger partial charge in [-0.1, -0.05) is 0 Å². The average Bonchev–Trinajstić information content (AvgIpc) is 2.82. The van der Waals surface area contributed by atoms with Crippen molar-refractivity contribution in [2.75, 3.05) is 13.7 Å². The second kappa shape index (κ2) is 4.99. The number of halogens is 1.